The highest BCUT2D eigenvalue weighted by Crippen LogP contribution is 2.22. The summed E-state index contributed by atoms with van der Waals surface area (Å²) in [6.07, 6.45) is 0. The lowest BCUT2D eigenvalue weighted by atomic mass is 9.99. The Morgan fingerprint density at radius 3 is 2.00 bits per heavy atom. The maximum atomic E-state index is 11.2. The van der Waals surface area contributed by atoms with Gasteiger partial charge in [0.25, 0.3) is 0 Å². The van der Waals surface area contributed by atoms with Gasteiger partial charge in [-0.25, -0.2) is 0 Å². The van der Waals surface area contributed by atoms with E-state index >= 15 is 0 Å². The van der Waals surface area contributed by atoms with Gasteiger partial charge in [0, 0.05) is 5.56 Å². The van der Waals surface area contributed by atoms with Crippen LogP contribution in [0.1, 0.15) is 40.1 Å². The van der Waals surface area contributed by atoms with E-state index in [1.165, 1.54) is 26.0 Å². The quantitative estimate of drug-likeness (QED) is 0.730. The van der Waals surface area contributed by atoms with E-state index in [4.69, 9.17) is 0 Å². The van der Waals surface area contributed by atoms with Crippen LogP contribution in [-0.2, 0) is 0 Å². The van der Waals surface area contributed by atoms with Gasteiger partial charge in [0.2, 0.25) is 0 Å². The van der Waals surface area contributed by atoms with E-state index in [0.717, 1.165) is 0 Å². The second kappa shape index (κ2) is 3.62. The molecule has 0 saturated heterocycles. The Morgan fingerprint density at radius 1 is 1.07 bits per heavy atom. The van der Waals surface area contributed by atoms with Gasteiger partial charge in [-0.1, -0.05) is 0 Å². The van der Waals surface area contributed by atoms with Crippen LogP contribution in [-0.4, -0.2) is 16.7 Å². The van der Waals surface area contributed by atoms with Crippen molar-refractivity contribution in [3.63, 3.8) is 0 Å². The maximum absolute atomic E-state index is 11.2. The number of aryl methyl sites for hydroxylation is 1. The van der Waals surface area contributed by atoms with Gasteiger partial charge >= 0.3 is 0 Å². The van der Waals surface area contributed by atoms with Crippen LogP contribution >= 0.6 is 0 Å². The van der Waals surface area contributed by atoms with E-state index in [1.807, 2.05) is 0 Å². The predicted octanol–water partition coefficient (Wildman–Crippen LogP) is 2.11. The molecule has 1 aromatic rings. The molecule has 0 radical (unpaired) electrons. The van der Waals surface area contributed by atoms with Crippen LogP contribution in [0.3, 0.4) is 0 Å². The molecule has 0 aromatic heterocycles. The van der Waals surface area contributed by atoms with E-state index in [0.29, 0.717) is 11.1 Å². The topological polar surface area (TPSA) is 54.4 Å². The molecular weight excluding hydrogens is 180 g/mol. The average molecular weight is 192 g/mol. The van der Waals surface area contributed by atoms with Gasteiger partial charge in [-0.2, -0.15) is 0 Å². The van der Waals surface area contributed by atoms with Crippen molar-refractivity contribution in [3.8, 4) is 5.75 Å². The van der Waals surface area contributed by atoms with Gasteiger partial charge in [-0.05, 0) is 38.5 Å². The van der Waals surface area contributed by atoms with Crippen molar-refractivity contribution in [2.75, 3.05) is 0 Å². The van der Waals surface area contributed by atoms with Crippen molar-refractivity contribution in [2.24, 2.45) is 0 Å². The number of hydrogen-bond donors (Lipinski definition) is 1. The summed E-state index contributed by atoms with van der Waals surface area (Å²) >= 11 is 0. The summed E-state index contributed by atoms with van der Waals surface area (Å²) in [5, 5.41) is 9.44. The van der Waals surface area contributed by atoms with E-state index in [2.05, 4.69) is 0 Å². The number of rotatable bonds is 2. The zero-order valence-corrected chi connectivity index (χ0v) is 8.42. The van der Waals surface area contributed by atoms with Crippen molar-refractivity contribution in [1.29, 1.82) is 0 Å². The average Bonchev–Trinajstić information content (AvgIpc) is 2.02. The fraction of sp³-hybridized carbons (Fsp3) is 0.273. The van der Waals surface area contributed by atoms with Crippen molar-refractivity contribution in [3.05, 3.63) is 28.8 Å². The molecule has 0 saturated carbocycles. The smallest absolute Gasteiger partial charge is 0.163 e. The van der Waals surface area contributed by atoms with Gasteiger partial charge in [0.1, 0.15) is 5.75 Å². The van der Waals surface area contributed by atoms with Gasteiger partial charge in [0.05, 0.1) is 5.56 Å². The molecule has 0 aliphatic carbocycles. The number of carbonyl (C=O) groups excluding carboxylic acids is 2. The van der Waals surface area contributed by atoms with E-state index in [-0.39, 0.29) is 22.9 Å². The number of benzene rings is 1. The monoisotopic (exact) mass is 192 g/mol. The zero-order chi connectivity index (χ0) is 10.9. The van der Waals surface area contributed by atoms with Crippen LogP contribution in [0.15, 0.2) is 12.1 Å². The summed E-state index contributed by atoms with van der Waals surface area (Å²) in [7, 11) is 0. The summed E-state index contributed by atoms with van der Waals surface area (Å²) in [5.41, 5.74) is 1.36. The molecular formula is C11H12O3. The minimum Gasteiger partial charge on any atom is -0.507 e. The third-order valence-electron chi connectivity index (χ3n) is 2.10. The predicted molar refractivity (Wildman–Crippen MR) is 52.9 cm³/mol. The molecule has 1 aromatic carbocycles. The van der Waals surface area contributed by atoms with E-state index in [1.54, 1.807) is 6.92 Å². The van der Waals surface area contributed by atoms with E-state index < -0.39 is 0 Å². The molecule has 1 N–H and O–H groups in total. The molecule has 3 nitrogen and oxygen atoms in total. The Labute approximate surface area is 82.4 Å². The lowest BCUT2D eigenvalue weighted by molar-refractivity contribution is 0.101. The molecule has 0 heterocycles. The van der Waals surface area contributed by atoms with Gasteiger partial charge in [-0.3, -0.25) is 9.59 Å². The summed E-state index contributed by atoms with van der Waals surface area (Å²) in [6.45, 7) is 4.51. The van der Waals surface area contributed by atoms with Gasteiger partial charge < -0.3 is 5.11 Å². The van der Waals surface area contributed by atoms with Crippen LogP contribution in [0.2, 0.25) is 0 Å². The van der Waals surface area contributed by atoms with Crippen molar-refractivity contribution < 1.29 is 14.7 Å². The van der Waals surface area contributed by atoms with Crippen molar-refractivity contribution in [2.45, 2.75) is 20.8 Å². The molecule has 0 fully saturated rings. The standard InChI is InChI=1S/C11H12O3/c1-6-4-11(14)10(8(3)13)5-9(6)7(2)12/h4-5,14H,1-3H3. The first-order valence-corrected chi connectivity index (χ1v) is 4.29. The Hall–Kier alpha value is -1.64. The number of aromatic hydroxyl groups is 1. The number of carbonyl (C=O) groups is 2. The Kier molecular flexibility index (Phi) is 2.70. The molecule has 0 aliphatic heterocycles. The minimum atomic E-state index is -0.245. The van der Waals surface area contributed by atoms with Gasteiger partial charge in [-0.15, -0.1) is 0 Å². The molecule has 0 bridgehead atoms. The number of ketones is 2. The Morgan fingerprint density at radius 2 is 1.57 bits per heavy atom. The zero-order valence-electron chi connectivity index (χ0n) is 8.42. The normalized spacial score (nSPS) is 9.93. The lowest BCUT2D eigenvalue weighted by Gasteiger charge is -2.06. The lowest BCUT2D eigenvalue weighted by Crippen LogP contribution is -2.01. The number of hydrogen-bond acceptors (Lipinski definition) is 3. The number of Topliss-reactive ketones (excluding diaryl/α,β-unsaturated/α-hetero) is 2. The molecule has 3 heteroatoms. The molecule has 1 rings (SSSR count). The van der Waals surface area contributed by atoms with Crippen LogP contribution < -0.4 is 0 Å². The largest absolute Gasteiger partial charge is 0.507 e. The molecule has 0 aliphatic rings. The molecule has 74 valence electrons. The summed E-state index contributed by atoms with van der Waals surface area (Å²) in [6, 6.07) is 2.88. The van der Waals surface area contributed by atoms with Gasteiger partial charge in [0.15, 0.2) is 11.6 Å². The molecule has 0 atom stereocenters. The minimum absolute atomic E-state index is 0.0694. The fourth-order valence-electron chi connectivity index (χ4n) is 1.35. The Balaban J connectivity index is 3.42. The Bertz CT molecular complexity index is 370. The van der Waals surface area contributed by atoms with Crippen molar-refractivity contribution in [1.82, 2.24) is 0 Å². The first kappa shape index (κ1) is 10.4. The van der Waals surface area contributed by atoms with Crippen LogP contribution in [0, 0.1) is 6.92 Å². The third-order valence-corrected chi connectivity index (χ3v) is 2.10. The summed E-state index contributed by atoms with van der Waals surface area (Å²) in [4.78, 5) is 22.2. The highest BCUT2D eigenvalue weighted by atomic mass is 16.3. The maximum Gasteiger partial charge on any atom is 0.163 e. The van der Waals surface area contributed by atoms with Crippen molar-refractivity contribution >= 4 is 11.6 Å². The molecule has 0 amide bonds. The van der Waals surface area contributed by atoms with Crippen LogP contribution in [0.25, 0.3) is 0 Å². The SMILES string of the molecule is CC(=O)c1cc(C(C)=O)c(O)cc1C. The van der Waals surface area contributed by atoms with Crippen LogP contribution in [0.4, 0.5) is 0 Å². The highest BCUT2D eigenvalue weighted by Gasteiger charge is 2.12. The molecule has 0 unspecified atom stereocenters. The fourth-order valence-corrected chi connectivity index (χ4v) is 1.35. The first-order chi connectivity index (χ1) is 6.43. The second-order valence-electron chi connectivity index (χ2n) is 3.30. The van der Waals surface area contributed by atoms with Crippen LogP contribution in [0.5, 0.6) is 5.75 Å². The first-order valence-electron chi connectivity index (χ1n) is 4.29. The highest BCUT2D eigenvalue weighted by molar-refractivity contribution is 6.02. The summed E-state index contributed by atoms with van der Waals surface area (Å²) < 4.78 is 0. The number of phenols is 1. The third kappa shape index (κ3) is 1.82. The second-order valence-corrected chi connectivity index (χ2v) is 3.30. The summed E-state index contributed by atoms with van der Waals surface area (Å²) in [5.74, 6) is -0.421. The van der Waals surface area contributed by atoms with E-state index in [9.17, 15) is 14.7 Å². The molecule has 14 heavy (non-hydrogen) atoms. The molecule has 0 spiro atoms. The number of phenolic OH excluding ortho intramolecular Hbond substituents is 1.